The molecule has 0 spiro atoms. The molecule has 0 aromatic heterocycles. The molecular weight excluding hydrogens is 274 g/mol. The molecule has 0 aliphatic carbocycles. The highest BCUT2D eigenvalue weighted by atomic mass is 79.9. The van der Waals surface area contributed by atoms with E-state index in [4.69, 9.17) is 0 Å². The number of hydrogen-bond donors (Lipinski definition) is 1. The summed E-state index contributed by atoms with van der Waals surface area (Å²) in [6.07, 6.45) is 0. The van der Waals surface area contributed by atoms with Crippen LogP contribution in [0.5, 0.6) is 0 Å². The van der Waals surface area contributed by atoms with Gasteiger partial charge in [0, 0.05) is 11.4 Å². The fraction of sp³-hybridized carbons (Fsp3) is 0.273. The molecule has 4 nitrogen and oxygen atoms in total. The molecule has 1 atom stereocenters. The van der Waals surface area contributed by atoms with E-state index in [9.17, 15) is 9.59 Å². The molecule has 0 heterocycles. The number of halogens is 1. The van der Waals surface area contributed by atoms with Gasteiger partial charge in [-0.15, -0.1) is 0 Å². The lowest BCUT2D eigenvalue weighted by molar-refractivity contribution is -0.145. The predicted molar refractivity (Wildman–Crippen MR) is 62.7 cm³/mol. The third kappa shape index (κ3) is 3.34. The highest BCUT2D eigenvalue weighted by Crippen LogP contribution is 2.19. The van der Waals surface area contributed by atoms with Gasteiger partial charge >= 0.3 is 5.97 Å². The number of hydrogen-bond acceptors (Lipinski definition) is 3. The van der Waals surface area contributed by atoms with Crippen LogP contribution in [0.1, 0.15) is 18.5 Å². The van der Waals surface area contributed by atoms with Crippen molar-refractivity contribution in [3.63, 3.8) is 0 Å². The Hall–Kier alpha value is -1.36. The van der Waals surface area contributed by atoms with Gasteiger partial charge in [0.2, 0.25) is 5.91 Å². The molecule has 1 N–H and O–H groups in total. The minimum absolute atomic E-state index is 0.282. The van der Waals surface area contributed by atoms with Crippen molar-refractivity contribution in [3.05, 3.63) is 34.3 Å². The molecule has 0 unspecified atom stereocenters. The normalized spacial score (nSPS) is 11.7. The number of benzene rings is 1. The molecule has 16 heavy (non-hydrogen) atoms. The number of nitrogens with one attached hydrogen (secondary N) is 1. The molecule has 0 saturated heterocycles. The monoisotopic (exact) mass is 285 g/mol. The molecule has 0 aliphatic rings. The van der Waals surface area contributed by atoms with E-state index in [2.05, 4.69) is 26.0 Å². The summed E-state index contributed by atoms with van der Waals surface area (Å²) in [6, 6.07) is 6.38. The van der Waals surface area contributed by atoms with Gasteiger partial charge in [0.25, 0.3) is 0 Å². The van der Waals surface area contributed by atoms with Crippen molar-refractivity contribution < 1.29 is 14.3 Å². The molecule has 1 aromatic carbocycles. The first-order chi connectivity index (χ1) is 7.54. The number of amides is 1. The first-order valence-electron chi connectivity index (χ1n) is 4.65. The lowest BCUT2D eigenvalue weighted by Gasteiger charge is -2.15. The zero-order valence-electron chi connectivity index (χ0n) is 8.99. The van der Waals surface area contributed by atoms with Crippen LogP contribution in [0, 0.1) is 0 Å². The Morgan fingerprint density at radius 3 is 2.62 bits per heavy atom. The van der Waals surface area contributed by atoms with Crippen molar-refractivity contribution in [2.75, 3.05) is 7.11 Å². The molecule has 5 heteroatoms. The summed E-state index contributed by atoms with van der Waals surface area (Å²) in [6.45, 7) is 1.36. The molecule has 1 rings (SSSR count). The molecule has 0 radical (unpaired) electrons. The quantitative estimate of drug-likeness (QED) is 0.862. The maximum Gasteiger partial charge on any atom is 0.333 e. The Kier molecular flexibility index (Phi) is 4.49. The molecule has 0 bridgehead atoms. The first-order valence-corrected chi connectivity index (χ1v) is 5.44. The van der Waals surface area contributed by atoms with Crippen LogP contribution in [0.4, 0.5) is 0 Å². The van der Waals surface area contributed by atoms with Crippen LogP contribution in [0.15, 0.2) is 28.7 Å². The van der Waals surface area contributed by atoms with E-state index in [0.717, 1.165) is 4.47 Å². The van der Waals surface area contributed by atoms with Crippen molar-refractivity contribution in [2.45, 2.75) is 13.0 Å². The van der Waals surface area contributed by atoms with E-state index < -0.39 is 12.0 Å². The zero-order valence-corrected chi connectivity index (χ0v) is 10.6. The van der Waals surface area contributed by atoms with E-state index in [1.807, 2.05) is 6.07 Å². The van der Waals surface area contributed by atoms with E-state index in [-0.39, 0.29) is 5.91 Å². The van der Waals surface area contributed by atoms with Crippen molar-refractivity contribution >= 4 is 27.8 Å². The maximum absolute atomic E-state index is 11.5. The molecule has 0 aliphatic heterocycles. The van der Waals surface area contributed by atoms with Gasteiger partial charge in [0.15, 0.2) is 6.04 Å². The van der Waals surface area contributed by atoms with Gasteiger partial charge in [-0.3, -0.25) is 4.79 Å². The van der Waals surface area contributed by atoms with Crippen LogP contribution in [0.25, 0.3) is 0 Å². The van der Waals surface area contributed by atoms with Crippen molar-refractivity contribution in [2.24, 2.45) is 0 Å². The fourth-order valence-electron chi connectivity index (χ4n) is 1.29. The topological polar surface area (TPSA) is 55.4 Å². The summed E-state index contributed by atoms with van der Waals surface area (Å²) in [5.74, 6) is -0.774. The van der Waals surface area contributed by atoms with Gasteiger partial charge in [-0.1, -0.05) is 28.1 Å². The molecule has 1 amide bonds. The van der Waals surface area contributed by atoms with Crippen molar-refractivity contribution in [3.8, 4) is 0 Å². The summed E-state index contributed by atoms with van der Waals surface area (Å²) < 4.78 is 5.48. The second kappa shape index (κ2) is 5.65. The third-order valence-electron chi connectivity index (χ3n) is 1.97. The number of rotatable bonds is 3. The number of methoxy groups -OCH3 is 1. The Morgan fingerprint density at radius 1 is 1.44 bits per heavy atom. The zero-order chi connectivity index (χ0) is 12.1. The lowest BCUT2D eigenvalue weighted by atomic mass is 10.1. The Bertz CT molecular complexity index is 406. The molecule has 86 valence electrons. The minimum Gasteiger partial charge on any atom is -0.467 e. The van der Waals surface area contributed by atoms with Crippen LogP contribution < -0.4 is 5.32 Å². The third-order valence-corrected chi connectivity index (χ3v) is 2.46. The number of esters is 1. The van der Waals surface area contributed by atoms with Crippen molar-refractivity contribution in [1.82, 2.24) is 5.32 Å². The van der Waals surface area contributed by atoms with Crippen LogP contribution in [0.3, 0.4) is 0 Å². The maximum atomic E-state index is 11.5. The smallest absolute Gasteiger partial charge is 0.333 e. The average molecular weight is 286 g/mol. The Labute approximate surface area is 102 Å². The van der Waals surface area contributed by atoms with Crippen molar-refractivity contribution in [1.29, 1.82) is 0 Å². The van der Waals surface area contributed by atoms with Gasteiger partial charge in [0.1, 0.15) is 0 Å². The fourth-order valence-corrected chi connectivity index (χ4v) is 1.70. The molecule has 0 saturated carbocycles. The summed E-state index contributed by atoms with van der Waals surface area (Å²) in [4.78, 5) is 22.5. The van der Waals surface area contributed by atoms with Gasteiger partial charge in [-0.2, -0.15) is 0 Å². The second-order valence-electron chi connectivity index (χ2n) is 3.21. The van der Waals surface area contributed by atoms with Crippen LogP contribution in [0.2, 0.25) is 0 Å². The highest BCUT2D eigenvalue weighted by molar-refractivity contribution is 9.10. The summed E-state index contributed by atoms with van der Waals surface area (Å²) in [5.41, 5.74) is 0.677. The lowest BCUT2D eigenvalue weighted by Crippen LogP contribution is -2.32. The first kappa shape index (κ1) is 12.7. The molecule has 0 fully saturated rings. The number of carbonyl (C=O) groups is 2. The van der Waals surface area contributed by atoms with Crippen LogP contribution >= 0.6 is 15.9 Å². The van der Waals surface area contributed by atoms with Gasteiger partial charge in [-0.05, 0) is 17.7 Å². The second-order valence-corrected chi connectivity index (χ2v) is 4.13. The largest absolute Gasteiger partial charge is 0.467 e. The SMILES string of the molecule is COC(=O)[C@H](NC(C)=O)c1cccc(Br)c1. The molecule has 1 aromatic rings. The minimum atomic E-state index is -0.764. The summed E-state index contributed by atoms with van der Waals surface area (Å²) in [5, 5.41) is 2.54. The standard InChI is InChI=1S/C11H12BrNO3/c1-7(14)13-10(11(15)16-2)8-4-3-5-9(12)6-8/h3-6,10H,1-2H3,(H,13,14)/t10-/m1/s1. The molecular formula is C11H12BrNO3. The van der Waals surface area contributed by atoms with Crippen LogP contribution in [-0.4, -0.2) is 19.0 Å². The van der Waals surface area contributed by atoms with E-state index in [1.54, 1.807) is 18.2 Å². The summed E-state index contributed by atoms with van der Waals surface area (Å²) in [7, 11) is 1.29. The van der Waals surface area contributed by atoms with Gasteiger partial charge in [-0.25, -0.2) is 4.79 Å². The Balaban J connectivity index is 3.00. The van der Waals surface area contributed by atoms with Crippen LogP contribution in [-0.2, 0) is 14.3 Å². The van der Waals surface area contributed by atoms with E-state index in [1.165, 1.54) is 14.0 Å². The average Bonchev–Trinajstić information content (AvgIpc) is 2.24. The van der Waals surface area contributed by atoms with Gasteiger partial charge < -0.3 is 10.1 Å². The summed E-state index contributed by atoms with van der Waals surface area (Å²) >= 11 is 3.30. The van der Waals surface area contributed by atoms with E-state index in [0.29, 0.717) is 5.56 Å². The Morgan fingerprint density at radius 2 is 2.12 bits per heavy atom. The predicted octanol–water partition coefficient (Wildman–Crippen LogP) is 1.80. The van der Waals surface area contributed by atoms with E-state index >= 15 is 0 Å². The highest BCUT2D eigenvalue weighted by Gasteiger charge is 2.22. The van der Waals surface area contributed by atoms with Gasteiger partial charge in [0.05, 0.1) is 7.11 Å². The number of carbonyl (C=O) groups excluding carboxylic acids is 2. The number of ether oxygens (including phenoxy) is 1.